The predicted octanol–water partition coefficient (Wildman–Crippen LogP) is 1.02. The first-order valence-electron chi connectivity index (χ1n) is 4.60. The lowest BCUT2D eigenvalue weighted by Crippen LogP contribution is -2.39. The first-order valence-corrected chi connectivity index (χ1v) is 4.60. The highest BCUT2D eigenvalue weighted by molar-refractivity contribution is 4.73. The zero-order valence-corrected chi connectivity index (χ0v) is 7.26. The van der Waals surface area contributed by atoms with Crippen molar-refractivity contribution in [2.75, 3.05) is 19.6 Å². The Morgan fingerprint density at radius 2 is 2.00 bits per heavy atom. The molecule has 1 saturated heterocycles. The first kappa shape index (κ1) is 9.01. The fourth-order valence-corrected chi connectivity index (χ4v) is 1.51. The molecule has 1 heterocycles. The van der Waals surface area contributed by atoms with Gasteiger partial charge in [-0.05, 0) is 32.5 Å². The summed E-state index contributed by atoms with van der Waals surface area (Å²) in [5.41, 5.74) is 5.79. The van der Waals surface area contributed by atoms with Crippen molar-refractivity contribution in [1.29, 1.82) is 0 Å². The topological polar surface area (TPSA) is 29.3 Å². The Morgan fingerprint density at radius 3 is 2.55 bits per heavy atom. The number of piperidine rings is 1. The van der Waals surface area contributed by atoms with Crippen molar-refractivity contribution >= 4 is 0 Å². The van der Waals surface area contributed by atoms with Crippen LogP contribution in [0.25, 0.3) is 0 Å². The molecule has 0 spiro atoms. The average Bonchev–Trinajstić information content (AvgIpc) is 2.04. The predicted molar refractivity (Wildman–Crippen MR) is 48.2 cm³/mol. The van der Waals surface area contributed by atoms with Crippen LogP contribution < -0.4 is 5.73 Å². The first-order chi connectivity index (χ1) is 5.33. The van der Waals surface area contributed by atoms with E-state index in [-0.39, 0.29) is 0 Å². The van der Waals surface area contributed by atoms with Crippen LogP contribution in [0.2, 0.25) is 0 Å². The lowest BCUT2D eigenvalue weighted by atomic mass is 10.1. The summed E-state index contributed by atoms with van der Waals surface area (Å²) < 4.78 is 0. The molecule has 0 aromatic rings. The number of likely N-dealkylation sites (tertiary alicyclic amines) is 1. The Labute approximate surface area is 69.8 Å². The lowest BCUT2D eigenvalue weighted by molar-refractivity contribution is 0.211. The van der Waals surface area contributed by atoms with Gasteiger partial charge in [0, 0.05) is 6.04 Å². The van der Waals surface area contributed by atoms with Crippen LogP contribution in [0.3, 0.4) is 0 Å². The van der Waals surface area contributed by atoms with Gasteiger partial charge in [0.25, 0.3) is 0 Å². The number of hydrogen-bond donors (Lipinski definition) is 1. The van der Waals surface area contributed by atoms with E-state index >= 15 is 0 Å². The minimum atomic E-state index is 0.464. The fraction of sp³-hybridized carbons (Fsp3) is 0.889. The molecule has 2 N–H and O–H groups in total. The lowest BCUT2D eigenvalue weighted by Gasteiger charge is -2.30. The number of nitrogens with zero attached hydrogens (tertiary/aromatic N) is 1. The van der Waals surface area contributed by atoms with Gasteiger partial charge < -0.3 is 17.6 Å². The summed E-state index contributed by atoms with van der Waals surface area (Å²) in [6.45, 7) is 7.44. The van der Waals surface area contributed by atoms with E-state index in [2.05, 4.69) is 11.8 Å². The molecule has 0 aromatic carbocycles. The summed E-state index contributed by atoms with van der Waals surface area (Å²) in [5.74, 6) is 0. The molecule has 1 rings (SSSR count). The molecular formula is C9H19N2-. The number of hydrogen-bond acceptors (Lipinski definition) is 2. The Kier molecular flexibility index (Phi) is 3.87. The molecule has 0 radical (unpaired) electrons. The maximum atomic E-state index is 5.79. The van der Waals surface area contributed by atoms with Crippen LogP contribution in [-0.4, -0.2) is 30.6 Å². The second-order valence-corrected chi connectivity index (χ2v) is 3.39. The van der Waals surface area contributed by atoms with Gasteiger partial charge in [-0.3, -0.25) is 0 Å². The molecule has 0 saturated carbocycles. The summed E-state index contributed by atoms with van der Waals surface area (Å²) in [5, 5.41) is 0. The van der Waals surface area contributed by atoms with Crippen molar-refractivity contribution in [3.63, 3.8) is 0 Å². The quantitative estimate of drug-likeness (QED) is 0.617. The van der Waals surface area contributed by atoms with Crippen LogP contribution in [0.1, 0.15) is 25.7 Å². The van der Waals surface area contributed by atoms with Gasteiger partial charge in [-0.15, -0.1) is 0 Å². The molecule has 1 aliphatic heterocycles. The van der Waals surface area contributed by atoms with Crippen LogP contribution in [0.5, 0.6) is 0 Å². The van der Waals surface area contributed by atoms with Crippen LogP contribution in [0, 0.1) is 6.92 Å². The molecule has 1 aliphatic rings. The molecule has 0 atom stereocenters. The van der Waals surface area contributed by atoms with E-state index in [0.29, 0.717) is 6.04 Å². The fourth-order valence-electron chi connectivity index (χ4n) is 1.51. The van der Waals surface area contributed by atoms with Crippen molar-refractivity contribution < 1.29 is 0 Å². The Morgan fingerprint density at radius 1 is 1.36 bits per heavy atom. The van der Waals surface area contributed by atoms with E-state index in [1.165, 1.54) is 38.9 Å². The van der Waals surface area contributed by atoms with Crippen molar-refractivity contribution in [3.8, 4) is 0 Å². The highest BCUT2D eigenvalue weighted by Gasteiger charge is 2.14. The summed E-state index contributed by atoms with van der Waals surface area (Å²) in [6, 6.07) is 0.464. The Balaban J connectivity index is 2.07. The minimum Gasteiger partial charge on any atom is -0.343 e. The molecule has 2 heteroatoms. The number of nitrogens with two attached hydrogens (primary N) is 1. The van der Waals surface area contributed by atoms with Crippen LogP contribution >= 0.6 is 0 Å². The standard InChI is InChI=1S/C9H19N2/c1-2-3-6-11-7-4-9(10)5-8-11/h9H,1-8,10H2/q-1. The van der Waals surface area contributed by atoms with Gasteiger partial charge in [-0.2, -0.15) is 6.42 Å². The Hall–Kier alpha value is -0.0800. The zero-order valence-electron chi connectivity index (χ0n) is 7.26. The second kappa shape index (κ2) is 4.73. The normalized spacial score (nSPS) is 22.4. The molecule has 0 bridgehead atoms. The maximum absolute atomic E-state index is 5.79. The molecule has 1 fully saturated rings. The third kappa shape index (κ3) is 3.21. The molecule has 11 heavy (non-hydrogen) atoms. The Bertz CT molecular complexity index is 93.0. The molecule has 66 valence electrons. The maximum Gasteiger partial charge on any atom is 0.00631 e. The smallest absolute Gasteiger partial charge is 0.00631 e. The number of unbranched alkanes of at least 4 members (excludes halogenated alkanes) is 1. The van der Waals surface area contributed by atoms with E-state index in [1.54, 1.807) is 0 Å². The minimum absolute atomic E-state index is 0.464. The third-order valence-corrected chi connectivity index (χ3v) is 2.36. The SMILES string of the molecule is [CH2-]CCCN1CCC(N)CC1. The largest absolute Gasteiger partial charge is 0.343 e. The van der Waals surface area contributed by atoms with Crippen molar-refractivity contribution in [2.24, 2.45) is 5.73 Å². The van der Waals surface area contributed by atoms with E-state index in [1.807, 2.05) is 0 Å². The highest BCUT2D eigenvalue weighted by Crippen LogP contribution is 2.08. The van der Waals surface area contributed by atoms with E-state index in [4.69, 9.17) is 5.73 Å². The molecule has 0 amide bonds. The molecule has 0 aromatic heterocycles. The van der Waals surface area contributed by atoms with Gasteiger partial charge in [0.05, 0.1) is 0 Å². The summed E-state index contributed by atoms with van der Waals surface area (Å²) in [7, 11) is 0. The van der Waals surface area contributed by atoms with Gasteiger partial charge in [0.1, 0.15) is 0 Å². The summed E-state index contributed by atoms with van der Waals surface area (Å²) in [4.78, 5) is 2.49. The second-order valence-electron chi connectivity index (χ2n) is 3.39. The highest BCUT2D eigenvalue weighted by atomic mass is 15.1. The third-order valence-electron chi connectivity index (χ3n) is 2.36. The van der Waals surface area contributed by atoms with Crippen molar-refractivity contribution in [1.82, 2.24) is 4.90 Å². The van der Waals surface area contributed by atoms with Gasteiger partial charge in [0.15, 0.2) is 0 Å². The van der Waals surface area contributed by atoms with Gasteiger partial charge in [-0.25, -0.2) is 0 Å². The molecule has 0 aliphatic carbocycles. The van der Waals surface area contributed by atoms with Crippen LogP contribution in [0.4, 0.5) is 0 Å². The molecule has 0 unspecified atom stereocenters. The van der Waals surface area contributed by atoms with Crippen molar-refractivity contribution in [3.05, 3.63) is 6.92 Å². The van der Waals surface area contributed by atoms with Gasteiger partial charge >= 0.3 is 0 Å². The van der Waals surface area contributed by atoms with E-state index < -0.39 is 0 Å². The molecule has 2 nitrogen and oxygen atoms in total. The summed E-state index contributed by atoms with van der Waals surface area (Å²) in [6.07, 6.45) is 4.64. The van der Waals surface area contributed by atoms with Gasteiger partial charge in [0.2, 0.25) is 0 Å². The molecular weight excluding hydrogens is 136 g/mol. The van der Waals surface area contributed by atoms with Crippen molar-refractivity contribution in [2.45, 2.75) is 31.7 Å². The van der Waals surface area contributed by atoms with E-state index in [0.717, 1.165) is 6.42 Å². The van der Waals surface area contributed by atoms with Crippen LogP contribution in [-0.2, 0) is 0 Å². The summed E-state index contributed by atoms with van der Waals surface area (Å²) >= 11 is 0. The van der Waals surface area contributed by atoms with Crippen LogP contribution in [0.15, 0.2) is 0 Å². The van der Waals surface area contributed by atoms with Gasteiger partial charge in [-0.1, -0.05) is 6.42 Å². The number of rotatable bonds is 3. The van der Waals surface area contributed by atoms with E-state index in [9.17, 15) is 0 Å². The zero-order chi connectivity index (χ0) is 8.10. The average molecular weight is 155 g/mol. The monoisotopic (exact) mass is 155 g/mol.